The van der Waals surface area contributed by atoms with Crippen molar-refractivity contribution in [3.63, 3.8) is 0 Å². The molecular weight excluding hydrogens is 255 g/mol. The van der Waals surface area contributed by atoms with Crippen LogP contribution in [-0.2, 0) is 0 Å². The molecule has 0 unspecified atom stereocenters. The van der Waals surface area contributed by atoms with Crippen molar-refractivity contribution in [2.24, 2.45) is 0 Å². The van der Waals surface area contributed by atoms with Crippen LogP contribution in [0.15, 0.2) is 36.4 Å². The van der Waals surface area contributed by atoms with Gasteiger partial charge in [-0.15, -0.1) is 0 Å². The summed E-state index contributed by atoms with van der Waals surface area (Å²) in [4.78, 5) is 11.0. The van der Waals surface area contributed by atoms with Crippen LogP contribution in [0.25, 0.3) is 11.1 Å². The Kier molecular flexibility index (Phi) is 3.63. The molecule has 0 radical (unpaired) electrons. The second-order valence-corrected chi connectivity index (χ2v) is 4.11. The molecule has 0 aliphatic rings. The number of ether oxygens (including phenoxy) is 1. The van der Waals surface area contributed by atoms with Crippen LogP contribution in [0.3, 0.4) is 0 Å². The zero-order chi connectivity index (χ0) is 13.1. The molecule has 4 heteroatoms. The molecule has 0 spiro atoms. The predicted molar refractivity (Wildman–Crippen MR) is 68.8 cm³/mol. The molecule has 0 saturated carbocycles. The topological polar surface area (TPSA) is 26.3 Å². The highest BCUT2D eigenvalue weighted by Gasteiger charge is 2.09. The summed E-state index contributed by atoms with van der Waals surface area (Å²) in [7, 11) is 1.53. The highest BCUT2D eigenvalue weighted by Crippen LogP contribution is 2.29. The van der Waals surface area contributed by atoms with Crippen LogP contribution < -0.4 is 4.74 Å². The molecule has 2 aromatic carbocycles. The summed E-state index contributed by atoms with van der Waals surface area (Å²) in [6.07, 6.45) is 0.723. The fourth-order valence-electron chi connectivity index (χ4n) is 1.68. The Morgan fingerprint density at radius 3 is 2.61 bits per heavy atom. The van der Waals surface area contributed by atoms with Gasteiger partial charge in [-0.2, -0.15) is 0 Å². The van der Waals surface area contributed by atoms with Crippen LogP contribution >= 0.6 is 11.6 Å². The van der Waals surface area contributed by atoms with Crippen LogP contribution in [-0.4, -0.2) is 13.4 Å². The Morgan fingerprint density at radius 2 is 2.00 bits per heavy atom. The van der Waals surface area contributed by atoms with E-state index < -0.39 is 5.82 Å². The van der Waals surface area contributed by atoms with E-state index >= 15 is 0 Å². The summed E-state index contributed by atoms with van der Waals surface area (Å²) in [5.41, 5.74) is 1.66. The van der Waals surface area contributed by atoms with Gasteiger partial charge < -0.3 is 4.74 Å². The number of rotatable bonds is 3. The first-order valence-corrected chi connectivity index (χ1v) is 5.62. The molecule has 0 aliphatic heterocycles. The molecule has 0 bridgehead atoms. The van der Waals surface area contributed by atoms with Gasteiger partial charge >= 0.3 is 0 Å². The van der Waals surface area contributed by atoms with Crippen LogP contribution in [0, 0.1) is 5.82 Å². The quantitative estimate of drug-likeness (QED) is 0.784. The van der Waals surface area contributed by atoms with Crippen molar-refractivity contribution in [1.82, 2.24) is 0 Å². The van der Waals surface area contributed by atoms with Crippen molar-refractivity contribution < 1.29 is 13.9 Å². The average Bonchev–Trinajstić information content (AvgIpc) is 2.41. The zero-order valence-electron chi connectivity index (χ0n) is 9.61. The minimum Gasteiger partial charge on any atom is -0.497 e. The van der Waals surface area contributed by atoms with E-state index in [1.54, 1.807) is 24.3 Å². The first-order chi connectivity index (χ1) is 8.65. The average molecular weight is 265 g/mol. The van der Waals surface area contributed by atoms with Gasteiger partial charge in [-0.05, 0) is 41.5 Å². The standard InChI is InChI=1S/C14H10ClFO2/c1-18-11-4-2-10(8-17)12(7-11)9-3-5-13(15)14(16)6-9/h2-8H,1H3. The van der Waals surface area contributed by atoms with Gasteiger partial charge in [0.1, 0.15) is 11.6 Å². The molecule has 0 fully saturated rings. The molecule has 2 rings (SSSR count). The summed E-state index contributed by atoms with van der Waals surface area (Å²) in [6.45, 7) is 0. The Balaban J connectivity index is 2.60. The maximum Gasteiger partial charge on any atom is 0.150 e. The summed E-state index contributed by atoms with van der Waals surface area (Å²) in [6, 6.07) is 9.41. The second-order valence-electron chi connectivity index (χ2n) is 3.70. The maximum atomic E-state index is 13.4. The van der Waals surface area contributed by atoms with E-state index in [0.29, 0.717) is 22.4 Å². The van der Waals surface area contributed by atoms with E-state index in [9.17, 15) is 9.18 Å². The Bertz CT molecular complexity index is 596. The van der Waals surface area contributed by atoms with E-state index in [4.69, 9.17) is 16.3 Å². The van der Waals surface area contributed by atoms with Crippen molar-refractivity contribution >= 4 is 17.9 Å². The van der Waals surface area contributed by atoms with Crippen molar-refractivity contribution in [3.05, 3.63) is 52.8 Å². The lowest BCUT2D eigenvalue weighted by Crippen LogP contribution is -1.91. The molecule has 0 amide bonds. The SMILES string of the molecule is COc1ccc(C=O)c(-c2ccc(Cl)c(F)c2)c1. The molecule has 18 heavy (non-hydrogen) atoms. The molecule has 0 N–H and O–H groups in total. The van der Waals surface area contributed by atoms with Gasteiger partial charge in [0.2, 0.25) is 0 Å². The Hall–Kier alpha value is -1.87. The van der Waals surface area contributed by atoms with E-state index in [0.717, 1.165) is 6.29 Å². The smallest absolute Gasteiger partial charge is 0.150 e. The highest BCUT2D eigenvalue weighted by atomic mass is 35.5. The van der Waals surface area contributed by atoms with E-state index in [1.807, 2.05) is 0 Å². The normalized spacial score (nSPS) is 10.2. The number of carbonyl (C=O) groups excluding carboxylic acids is 1. The number of benzene rings is 2. The third-order valence-corrected chi connectivity index (χ3v) is 2.92. The van der Waals surface area contributed by atoms with Crippen LogP contribution in [0.5, 0.6) is 5.75 Å². The fourth-order valence-corrected chi connectivity index (χ4v) is 1.80. The second kappa shape index (κ2) is 5.19. The monoisotopic (exact) mass is 264 g/mol. The van der Waals surface area contributed by atoms with E-state index in [-0.39, 0.29) is 5.02 Å². The maximum absolute atomic E-state index is 13.4. The van der Waals surface area contributed by atoms with Crippen molar-refractivity contribution in [1.29, 1.82) is 0 Å². The molecule has 0 aromatic heterocycles. The summed E-state index contributed by atoms with van der Waals surface area (Å²) in [5, 5.41) is 0.0503. The summed E-state index contributed by atoms with van der Waals surface area (Å²) in [5.74, 6) is 0.0831. The minimum atomic E-state index is -0.520. The van der Waals surface area contributed by atoms with Gasteiger partial charge in [0, 0.05) is 5.56 Å². The fraction of sp³-hybridized carbons (Fsp3) is 0.0714. The van der Waals surface area contributed by atoms with Crippen LogP contribution in [0.1, 0.15) is 10.4 Å². The van der Waals surface area contributed by atoms with E-state index in [1.165, 1.54) is 19.2 Å². The lowest BCUT2D eigenvalue weighted by Gasteiger charge is -2.08. The molecule has 2 aromatic rings. The van der Waals surface area contributed by atoms with Gasteiger partial charge in [0.05, 0.1) is 12.1 Å². The van der Waals surface area contributed by atoms with Gasteiger partial charge in [-0.1, -0.05) is 17.7 Å². The number of carbonyl (C=O) groups is 1. The number of hydrogen-bond acceptors (Lipinski definition) is 2. The molecule has 0 saturated heterocycles. The molecule has 0 heterocycles. The molecular formula is C14H10ClFO2. The third kappa shape index (κ3) is 2.36. The number of methoxy groups -OCH3 is 1. The van der Waals surface area contributed by atoms with Crippen LogP contribution in [0.4, 0.5) is 4.39 Å². The largest absolute Gasteiger partial charge is 0.497 e. The summed E-state index contributed by atoms with van der Waals surface area (Å²) >= 11 is 5.63. The molecule has 0 atom stereocenters. The minimum absolute atomic E-state index is 0.0503. The lowest BCUT2D eigenvalue weighted by molar-refractivity contribution is 0.112. The molecule has 92 valence electrons. The number of halogens is 2. The third-order valence-electron chi connectivity index (χ3n) is 2.62. The van der Waals surface area contributed by atoms with Crippen molar-refractivity contribution in [3.8, 4) is 16.9 Å². The zero-order valence-corrected chi connectivity index (χ0v) is 10.4. The van der Waals surface area contributed by atoms with Gasteiger partial charge in [0.15, 0.2) is 6.29 Å². The number of aldehydes is 1. The molecule has 0 aliphatic carbocycles. The Morgan fingerprint density at radius 1 is 1.22 bits per heavy atom. The van der Waals surface area contributed by atoms with Crippen molar-refractivity contribution in [2.45, 2.75) is 0 Å². The predicted octanol–water partition coefficient (Wildman–Crippen LogP) is 3.97. The molecule has 2 nitrogen and oxygen atoms in total. The number of hydrogen-bond donors (Lipinski definition) is 0. The van der Waals surface area contributed by atoms with Gasteiger partial charge in [-0.3, -0.25) is 4.79 Å². The van der Waals surface area contributed by atoms with E-state index in [2.05, 4.69) is 0 Å². The van der Waals surface area contributed by atoms with Gasteiger partial charge in [-0.25, -0.2) is 4.39 Å². The first kappa shape index (κ1) is 12.6. The summed E-state index contributed by atoms with van der Waals surface area (Å²) < 4.78 is 18.5. The first-order valence-electron chi connectivity index (χ1n) is 5.24. The Labute approximate surface area is 109 Å². The van der Waals surface area contributed by atoms with Crippen molar-refractivity contribution in [2.75, 3.05) is 7.11 Å². The van der Waals surface area contributed by atoms with Crippen LogP contribution in [0.2, 0.25) is 5.02 Å². The lowest BCUT2D eigenvalue weighted by atomic mass is 10.00. The highest BCUT2D eigenvalue weighted by molar-refractivity contribution is 6.30. The van der Waals surface area contributed by atoms with Gasteiger partial charge in [0.25, 0.3) is 0 Å².